The minimum Gasteiger partial charge on any atom is -0.386 e. The van der Waals surface area contributed by atoms with Gasteiger partial charge >= 0.3 is 0 Å². The van der Waals surface area contributed by atoms with Crippen LogP contribution in [0.5, 0.6) is 0 Å². The Kier molecular flexibility index (Phi) is 8.27. The van der Waals surface area contributed by atoms with Crippen LogP contribution in [0.4, 0.5) is 10.2 Å². The quantitative estimate of drug-likeness (QED) is 0.457. The minimum atomic E-state index is -0.610. The summed E-state index contributed by atoms with van der Waals surface area (Å²) in [6.45, 7) is 4.78. The predicted molar refractivity (Wildman–Crippen MR) is 155 cm³/mol. The van der Waals surface area contributed by atoms with E-state index in [1.54, 1.807) is 19.3 Å². The lowest BCUT2D eigenvalue weighted by Gasteiger charge is -2.43. The fraction of sp³-hybridized carbons (Fsp3) is 0.379. The van der Waals surface area contributed by atoms with E-state index in [1.165, 1.54) is 30.5 Å². The molecule has 0 bridgehead atoms. The normalized spacial score (nSPS) is 21.1. The molecule has 1 aromatic carbocycles. The number of likely N-dealkylation sites (tertiary alicyclic amines) is 1. The van der Waals surface area contributed by atoms with Gasteiger partial charge in [-0.2, -0.15) is 0 Å². The molecule has 0 spiro atoms. The number of nitrogens with one attached hydrogen (secondary N) is 2. The van der Waals surface area contributed by atoms with Crippen molar-refractivity contribution < 1.29 is 18.7 Å². The number of halogens is 2. The summed E-state index contributed by atoms with van der Waals surface area (Å²) in [6, 6.07) is 7.32. The number of amides is 2. The first kappa shape index (κ1) is 28.6. The SMILES string of the molecule is CN/C(=C1/C(N)=NC=CN1C[C@@H]1CCCN(C(=O)C2(C)COC2)C1)c1ccc(C(=O)Nc2cc(Cl)ccn2)cc1F. The fourth-order valence-corrected chi connectivity index (χ4v) is 5.55. The Morgan fingerprint density at radius 3 is 2.76 bits per heavy atom. The van der Waals surface area contributed by atoms with Crippen molar-refractivity contribution in [3.8, 4) is 0 Å². The summed E-state index contributed by atoms with van der Waals surface area (Å²) in [5.41, 5.74) is 7.21. The number of hydrogen-bond acceptors (Lipinski definition) is 8. The number of carbonyl (C=O) groups excluding carboxylic acids is 2. The van der Waals surface area contributed by atoms with Crippen LogP contribution in [0.1, 0.15) is 35.7 Å². The van der Waals surface area contributed by atoms with Crippen LogP contribution in [0.25, 0.3) is 5.70 Å². The average Bonchev–Trinajstić information content (AvgIpc) is 2.94. The molecule has 0 unspecified atom stereocenters. The molecule has 4 N–H and O–H groups in total. The van der Waals surface area contributed by atoms with Gasteiger partial charge in [-0.25, -0.2) is 14.4 Å². The minimum absolute atomic E-state index is 0.119. The molecule has 5 rings (SSSR count). The number of ether oxygens (including phenoxy) is 1. The molecule has 0 aliphatic carbocycles. The number of anilines is 1. The molecule has 3 aliphatic rings. The Morgan fingerprint density at radius 2 is 2.07 bits per heavy atom. The number of nitrogens with two attached hydrogens (primary N) is 1. The highest BCUT2D eigenvalue weighted by atomic mass is 35.5. The second-order valence-electron chi connectivity index (χ2n) is 10.8. The van der Waals surface area contributed by atoms with Crippen molar-refractivity contribution in [3.63, 3.8) is 0 Å². The zero-order valence-electron chi connectivity index (χ0n) is 23.0. The molecule has 1 aromatic heterocycles. The van der Waals surface area contributed by atoms with Gasteiger partial charge in [-0.15, -0.1) is 0 Å². The van der Waals surface area contributed by atoms with E-state index in [2.05, 4.69) is 20.6 Å². The van der Waals surface area contributed by atoms with Crippen LogP contribution < -0.4 is 16.4 Å². The van der Waals surface area contributed by atoms with E-state index in [9.17, 15) is 9.59 Å². The van der Waals surface area contributed by atoms with E-state index in [1.807, 2.05) is 22.9 Å². The van der Waals surface area contributed by atoms with Crippen LogP contribution >= 0.6 is 11.6 Å². The number of aliphatic imine (C=N–C) groups is 1. The third kappa shape index (κ3) is 6.06. The van der Waals surface area contributed by atoms with Gasteiger partial charge in [0.1, 0.15) is 23.2 Å². The number of hydrogen-bond donors (Lipinski definition) is 3. The summed E-state index contributed by atoms with van der Waals surface area (Å²) in [5, 5.41) is 6.12. The molecule has 3 aliphatic heterocycles. The van der Waals surface area contributed by atoms with Gasteiger partial charge in [-0.05, 0) is 56.0 Å². The zero-order valence-corrected chi connectivity index (χ0v) is 23.7. The Balaban J connectivity index is 1.36. The second kappa shape index (κ2) is 11.9. The van der Waals surface area contributed by atoms with Crippen LogP contribution in [0.15, 0.2) is 59.6 Å². The van der Waals surface area contributed by atoms with Crippen molar-refractivity contribution in [1.29, 1.82) is 0 Å². The smallest absolute Gasteiger partial charge is 0.256 e. The van der Waals surface area contributed by atoms with E-state index >= 15 is 4.39 Å². The summed E-state index contributed by atoms with van der Waals surface area (Å²) < 4.78 is 20.8. The summed E-state index contributed by atoms with van der Waals surface area (Å²) in [5.74, 6) is -0.332. The Labute approximate surface area is 243 Å². The van der Waals surface area contributed by atoms with Crippen molar-refractivity contribution in [2.75, 3.05) is 45.2 Å². The molecule has 4 heterocycles. The van der Waals surface area contributed by atoms with E-state index in [-0.39, 0.29) is 34.6 Å². The average molecular weight is 582 g/mol. The van der Waals surface area contributed by atoms with Crippen molar-refractivity contribution in [2.45, 2.75) is 19.8 Å². The molecule has 12 heteroatoms. The highest BCUT2D eigenvalue weighted by Crippen LogP contribution is 2.32. The molecular weight excluding hydrogens is 549 g/mol. The molecule has 0 radical (unpaired) electrons. The number of pyridine rings is 1. The van der Waals surface area contributed by atoms with Crippen LogP contribution in [0.2, 0.25) is 5.02 Å². The first-order chi connectivity index (χ1) is 19.7. The highest BCUT2D eigenvalue weighted by molar-refractivity contribution is 6.30. The lowest BCUT2D eigenvalue weighted by atomic mass is 9.85. The fourth-order valence-electron chi connectivity index (χ4n) is 5.39. The van der Waals surface area contributed by atoms with Crippen LogP contribution in [0, 0.1) is 17.2 Å². The van der Waals surface area contributed by atoms with E-state index in [0.717, 1.165) is 19.4 Å². The molecule has 10 nitrogen and oxygen atoms in total. The van der Waals surface area contributed by atoms with Gasteiger partial charge in [0.05, 0.1) is 24.3 Å². The number of carbonyl (C=O) groups is 2. The number of rotatable bonds is 7. The maximum absolute atomic E-state index is 15.5. The standard InChI is InChI=1S/C29H33ClFN7O3/c1-29(16-41-17-29)28(40)38-10-3-4-18(15-38)14-37-11-9-35-26(32)25(37)24(33-2)21-6-5-19(12-22(21)31)27(39)36-23-13-20(30)7-8-34-23/h5-9,11-13,18,33H,3-4,10,14-17H2,1-2H3,(H2,32,35)(H,34,36,39)/b25-24-/t18-/m0/s1. The molecule has 41 heavy (non-hydrogen) atoms. The molecular formula is C29H33ClFN7O3. The molecule has 2 aromatic rings. The maximum atomic E-state index is 15.5. The van der Waals surface area contributed by atoms with Gasteiger partial charge in [-0.3, -0.25) is 9.59 Å². The van der Waals surface area contributed by atoms with Crippen molar-refractivity contribution in [1.82, 2.24) is 20.1 Å². The lowest BCUT2D eigenvalue weighted by molar-refractivity contribution is -0.170. The van der Waals surface area contributed by atoms with Crippen LogP contribution in [-0.2, 0) is 9.53 Å². The van der Waals surface area contributed by atoms with Gasteiger partial charge in [0.2, 0.25) is 5.91 Å². The number of benzene rings is 1. The Hall–Kier alpha value is -3.96. The zero-order chi connectivity index (χ0) is 29.1. The van der Waals surface area contributed by atoms with Crippen molar-refractivity contribution in [3.05, 3.63) is 76.6 Å². The van der Waals surface area contributed by atoms with Gasteiger partial charge in [0.25, 0.3) is 5.91 Å². The van der Waals surface area contributed by atoms with E-state index < -0.39 is 17.1 Å². The summed E-state index contributed by atoms with van der Waals surface area (Å²) in [4.78, 5) is 38.0. The predicted octanol–water partition coefficient (Wildman–Crippen LogP) is 3.43. The first-order valence-electron chi connectivity index (χ1n) is 13.5. The largest absolute Gasteiger partial charge is 0.386 e. The lowest BCUT2D eigenvalue weighted by Crippen LogP contribution is -2.56. The molecule has 1 atom stereocenters. The molecule has 2 fully saturated rings. The molecule has 2 amide bonds. The number of aromatic nitrogens is 1. The summed E-state index contributed by atoms with van der Waals surface area (Å²) in [6.07, 6.45) is 6.73. The molecule has 216 valence electrons. The summed E-state index contributed by atoms with van der Waals surface area (Å²) >= 11 is 5.96. The molecule has 0 saturated carbocycles. The van der Waals surface area contributed by atoms with E-state index in [0.29, 0.717) is 42.7 Å². The van der Waals surface area contributed by atoms with Crippen LogP contribution in [0.3, 0.4) is 0 Å². The molecule has 2 saturated heterocycles. The number of amidine groups is 1. The number of piperidine rings is 1. The van der Waals surface area contributed by atoms with E-state index in [4.69, 9.17) is 22.1 Å². The van der Waals surface area contributed by atoms with Crippen molar-refractivity contribution >= 4 is 40.8 Å². The van der Waals surface area contributed by atoms with Gasteiger partial charge in [-0.1, -0.05) is 11.6 Å². The maximum Gasteiger partial charge on any atom is 0.256 e. The van der Waals surface area contributed by atoms with Crippen LogP contribution in [-0.4, -0.2) is 72.3 Å². The van der Waals surface area contributed by atoms with Gasteiger partial charge < -0.3 is 30.9 Å². The Bertz CT molecular complexity index is 1440. The van der Waals surface area contributed by atoms with Gasteiger partial charge in [0, 0.05) is 61.4 Å². The topological polar surface area (TPSA) is 125 Å². The monoisotopic (exact) mass is 581 g/mol. The number of nitrogens with zero attached hydrogens (tertiary/aromatic N) is 4. The third-order valence-corrected chi connectivity index (χ3v) is 7.79. The van der Waals surface area contributed by atoms with Crippen molar-refractivity contribution in [2.24, 2.45) is 22.1 Å². The second-order valence-corrected chi connectivity index (χ2v) is 11.2. The Morgan fingerprint density at radius 1 is 1.27 bits per heavy atom. The first-order valence-corrected chi connectivity index (χ1v) is 13.9. The summed E-state index contributed by atoms with van der Waals surface area (Å²) in [7, 11) is 1.68. The van der Waals surface area contributed by atoms with Gasteiger partial charge in [0.15, 0.2) is 0 Å². The third-order valence-electron chi connectivity index (χ3n) is 7.56. The highest BCUT2D eigenvalue weighted by Gasteiger charge is 2.44.